The maximum Gasteiger partial charge on any atom is 0.404 e. The Morgan fingerprint density at radius 3 is 2.47 bits per heavy atom. The van der Waals surface area contributed by atoms with Crippen molar-refractivity contribution in [3.05, 3.63) is 0 Å². The van der Waals surface area contributed by atoms with E-state index in [1.54, 1.807) is 0 Å². The van der Waals surface area contributed by atoms with Gasteiger partial charge in [0.2, 0.25) is 5.91 Å². The molecule has 2 unspecified atom stereocenters. The molecule has 0 aliphatic carbocycles. The van der Waals surface area contributed by atoms with Gasteiger partial charge in [0, 0.05) is 12.0 Å². The number of nitrogens with two attached hydrogens (primary N) is 2. The molecule has 0 bridgehead atoms. The Morgan fingerprint density at radius 2 is 1.94 bits per heavy atom. The summed E-state index contributed by atoms with van der Waals surface area (Å²) >= 11 is 0. The van der Waals surface area contributed by atoms with E-state index in [0.717, 1.165) is 19.3 Å². The van der Waals surface area contributed by atoms with Crippen LogP contribution in [0, 0.1) is 5.92 Å². The average Bonchev–Trinajstić information content (AvgIpc) is 2.23. The van der Waals surface area contributed by atoms with Crippen LogP contribution >= 0.6 is 0 Å². The first-order valence-corrected chi connectivity index (χ1v) is 5.89. The maximum absolute atomic E-state index is 11.5. The number of carbonyl (C=O) groups is 2. The van der Waals surface area contributed by atoms with Crippen molar-refractivity contribution in [2.45, 2.75) is 39.2 Å². The molecular weight excluding hydrogens is 222 g/mol. The zero-order valence-corrected chi connectivity index (χ0v) is 10.6. The Labute approximate surface area is 102 Å². The molecule has 2 atom stereocenters. The largest absolute Gasteiger partial charge is 0.448 e. The molecule has 0 aromatic carbocycles. The molecule has 100 valence electrons. The first kappa shape index (κ1) is 15.7. The van der Waals surface area contributed by atoms with Gasteiger partial charge in [-0.25, -0.2) is 4.79 Å². The molecule has 0 saturated carbocycles. The third-order valence-electron chi connectivity index (χ3n) is 2.39. The molecule has 0 spiro atoms. The first-order chi connectivity index (χ1) is 7.93. The van der Waals surface area contributed by atoms with Crippen molar-refractivity contribution in [2.75, 3.05) is 13.2 Å². The van der Waals surface area contributed by atoms with Crippen LogP contribution in [0.1, 0.15) is 33.1 Å². The van der Waals surface area contributed by atoms with Crippen molar-refractivity contribution < 1.29 is 14.3 Å². The van der Waals surface area contributed by atoms with Gasteiger partial charge in [-0.05, 0) is 19.8 Å². The lowest BCUT2D eigenvalue weighted by molar-refractivity contribution is -0.124. The van der Waals surface area contributed by atoms with Crippen LogP contribution in [0.3, 0.4) is 0 Å². The van der Waals surface area contributed by atoms with Crippen LogP contribution in [-0.4, -0.2) is 31.2 Å². The van der Waals surface area contributed by atoms with Crippen LogP contribution in [0.25, 0.3) is 0 Å². The van der Waals surface area contributed by atoms with E-state index in [-0.39, 0.29) is 24.5 Å². The molecule has 5 N–H and O–H groups in total. The molecule has 6 heteroatoms. The van der Waals surface area contributed by atoms with Crippen molar-refractivity contribution in [1.82, 2.24) is 5.32 Å². The number of hydrogen-bond donors (Lipinski definition) is 3. The van der Waals surface area contributed by atoms with Crippen molar-refractivity contribution in [1.29, 1.82) is 0 Å². The Kier molecular flexibility index (Phi) is 8.13. The van der Waals surface area contributed by atoms with E-state index in [1.165, 1.54) is 0 Å². The predicted molar refractivity (Wildman–Crippen MR) is 65.2 cm³/mol. The third-order valence-corrected chi connectivity index (χ3v) is 2.39. The number of primary amides is 1. The molecule has 2 amide bonds. The molecule has 0 saturated heterocycles. The zero-order valence-electron chi connectivity index (χ0n) is 10.6. The van der Waals surface area contributed by atoms with Crippen LogP contribution in [-0.2, 0) is 9.53 Å². The Balaban J connectivity index is 3.57. The fraction of sp³-hybridized carbons (Fsp3) is 0.818. The summed E-state index contributed by atoms with van der Waals surface area (Å²) in [6.45, 7) is 4.21. The molecule has 0 aliphatic heterocycles. The Bertz CT molecular complexity index is 244. The molecule has 6 nitrogen and oxygen atoms in total. The van der Waals surface area contributed by atoms with Gasteiger partial charge in [0.25, 0.3) is 0 Å². The van der Waals surface area contributed by atoms with E-state index in [2.05, 4.69) is 10.1 Å². The van der Waals surface area contributed by atoms with Gasteiger partial charge < -0.3 is 21.5 Å². The zero-order chi connectivity index (χ0) is 13.3. The third kappa shape index (κ3) is 9.62. The van der Waals surface area contributed by atoms with Crippen LogP contribution < -0.4 is 16.8 Å². The molecule has 17 heavy (non-hydrogen) atoms. The number of hydrogen-bond acceptors (Lipinski definition) is 4. The molecule has 0 heterocycles. The van der Waals surface area contributed by atoms with Gasteiger partial charge in [-0.1, -0.05) is 13.3 Å². The summed E-state index contributed by atoms with van der Waals surface area (Å²) in [5, 5.41) is 2.67. The number of rotatable bonds is 8. The number of amides is 2. The Morgan fingerprint density at radius 1 is 1.29 bits per heavy atom. The molecule has 0 fully saturated rings. The van der Waals surface area contributed by atoms with Crippen molar-refractivity contribution in [3.63, 3.8) is 0 Å². The van der Waals surface area contributed by atoms with Crippen LogP contribution in [0.15, 0.2) is 0 Å². The van der Waals surface area contributed by atoms with Crippen LogP contribution in [0.5, 0.6) is 0 Å². The van der Waals surface area contributed by atoms with E-state index < -0.39 is 6.09 Å². The van der Waals surface area contributed by atoms with Gasteiger partial charge in [0.05, 0.1) is 6.54 Å². The fourth-order valence-electron chi connectivity index (χ4n) is 1.38. The highest BCUT2D eigenvalue weighted by molar-refractivity contribution is 5.78. The van der Waals surface area contributed by atoms with Gasteiger partial charge >= 0.3 is 6.09 Å². The lowest BCUT2D eigenvalue weighted by Gasteiger charge is -2.12. The lowest BCUT2D eigenvalue weighted by atomic mass is 10.0. The summed E-state index contributed by atoms with van der Waals surface area (Å²) in [7, 11) is 0. The number of nitrogens with one attached hydrogen (secondary N) is 1. The van der Waals surface area contributed by atoms with Gasteiger partial charge in [0.1, 0.15) is 6.61 Å². The van der Waals surface area contributed by atoms with Gasteiger partial charge in [0.15, 0.2) is 0 Å². The normalized spacial score (nSPS) is 13.8. The van der Waals surface area contributed by atoms with Crippen LogP contribution in [0.2, 0.25) is 0 Å². The second-order valence-corrected chi connectivity index (χ2v) is 4.27. The maximum atomic E-state index is 11.5. The topological polar surface area (TPSA) is 107 Å². The highest BCUT2D eigenvalue weighted by Crippen LogP contribution is 2.08. The summed E-state index contributed by atoms with van der Waals surface area (Å²) in [6, 6.07) is 0.175. The molecule has 0 aliphatic rings. The molecule has 0 aromatic heterocycles. The van der Waals surface area contributed by atoms with E-state index in [1.807, 2.05) is 13.8 Å². The number of carbonyl (C=O) groups excluding carboxylic acids is 2. The Hall–Kier alpha value is -1.30. The molecule has 0 rings (SSSR count). The quantitative estimate of drug-likeness (QED) is 0.536. The van der Waals surface area contributed by atoms with Crippen molar-refractivity contribution in [2.24, 2.45) is 17.4 Å². The average molecular weight is 245 g/mol. The second-order valence-electron chi connectivity index (χ2n) is 4.27. The number of ether oxygens (including phenoxy) is 1. The van der Waals surface area contributed by atoms with Gasteiger partial charge in [-0.2, -0.15) is 0 Å². The lowest BCUT2D eigenvalue weighted by Crippen LogP contribution is -2.33. The van der Waals surface area contributed by atoms with Gasteiger partial charge in [-0.15, -0.1) is 0 Å². The van der Waals surface area contributed by atoms with E-state index >= 15 is 0 Å². The van der Waals surface area contributed by atoms with E-state index in [0.29, 0.717) is 6.54 Å². The first-order valence-electron chi connectivity index (χ1n) is 5.89. The van der Waals surface area contributed by atoms with E-state index in [9.17, 15) is 9.59 Å². The highest BCUT2D eigenvalue weighted by Gasteiger charge is 2.12. The minimum atomic E-state index is -0.829. The predicted octanol–water partition coefficient (Wildman–Crippen LogP) is 0.352. The summed E-state index contributed by atoms with van der Waals surface area (Å²) in [6.07, 6.45) is 1.83. The van der Waals surface area contributed by atoms with Crippen molar-refractivity contribution in [3.8, 4) is 0 Å². The monoisotopic (exact) mass is 245 g/mol. The summed E-state index contributed by atoms with van der Waals surface area (Å²) in [4.78, 5) is 21.8. The second kappa shape index (κ2) is 8.81. The molecular formula is C11H23N3O3. The minimum Gasteiger partial charge on any atom is -0.448 e. The SMILES string of the molecule is CC(N)CCCC(C)C(=O)NCCOC(N)=O. The smallest absolute Gasteiger partial charge is 0.404 e. The van der Waals surface area contributed by atoms with Gasteiger partial charge in [-0.3, -0.25) is 4.79 Å². The minimum absolute atomic E-state index is 0.0391. The van der Waals surface area contributed by atoms with Crippen LogP contribution in [0.4, 0.5) is 4.79 Å². The summed E-state index contributed by atoms with van der Waals surface area (Å²) in [5.74, 6) is -0.0925. The fourth-order valence-corrected chi connectivity index (χ4v) is 1.38. The molecule has 0 aromatic rings. The molecule has 0 radical (unpaired) electrons. The van der Waals surface area contributed by atoms with Crippen molar-refractivity contribution >= 4 is 12.0 Å². The standard InChI is InChI=1S/C11H23N3O3/c1-8(4-3-5-9(2)12)10(15)14-6-7-17-11(13)16/h8-9H,3-7,12H2,1-2H3,(H2,13,16)(H,14,15). The summed E-state index contributed by atoms with van der Waals surface area (Å²) in [5.41, 5.74) is 10.4. The summed E-state index contributed by atoms with van der Waals surface area (Å²) < 4.78 is 4.49. The van der Waals surface area contributed by atoms with E-state index in [4.69, 9.17) is 11.5 Å². The highest BCUT2D eigenvalue weighted by atomic mass is 16.5.